The van der Waals surface area contributed by atoms with Gasteiger partial charge in [-0.1, -0.05) is 24.3 Å². The molecule has 1 N–H and O–H groups in total. The SMILES string of the molecule is CCOC1CCN(CC(NC)c2ccccc2C)CC1. The van der Waals surface area contributed by atoms with E-state index in [2.05, 4.69) is 55.4 Å². The highest BCUT2D eigenvalue weighted by atomic mass is 16.5. The largest absolute Gasteiger partial charge is 0.378 e. The second-order valence-electron chi connectivity index (χ2n) is 5.65. The fraction of sp³-hybridized carbons (Fsp3) is 0.647. The Morgan fingerprint density at radius 3 is 2.60 bits per heavy atom. The predicted octanol–water partition coefficient (Wildman–Crippen LogP) is 2.76. The number of piperidine rings is 1. The summed E-state index contributed by atoms with van der Waals surface area (Å²) in [6.07, 6.45) is 2.80. The zero-order chi connectivity index (χ0) is 14.4. The summed E-state index contributed by atoms with van der Waals surface area (Å²) >= 11 is 0. The molecule has 0 aromatic heterocycles. The van der Waals surface area contributed by atoms with E-state index in [1.54, 1.807) is 0 Å². The van der Waals surface area contributed by atoms with Crippen LogP contribution < -0.4 is 5.32 Å². The highest BCUT2D eigenvalue weighted by Gasteiger charge is 2.22. The second kappa shape index (κ2) is 7.77. The lowest BCUT2D eigenvalue weighted by Gasteiger charge is -2.34. The van der Waals surface area contributed by atoms with Crippen LogP contribution >= 0.6 is 0 Å². The molecular formula is C17H28N2O. The van der Waals surface area contributed by atoms with Gasteiger partial charge in [0.25, 0.3) is 0 Å². The van der Waals surface area contributed by atoms with Gasteiger partial charge < -0.3 is 15.0 Å². The molecule has 20 heavy (non-hydrogen) atoms. The molecular weight excluding hydrogens is 248 g/mol. The molecule has 1 aromatic carbocycles. The fourth-order valence-electron chi connectivity index (χ4n) is 3.08. The van der Waals surface area contributed by atoms with Crippen LogP contribution in [0.1, 0.15) is 36.9 Å². The van der Waals surface area contributed by atoms with E-state index in [1.165, 1.54) is 11.1 Å². The van der Waals surface area contributed by atoms with Gasteiger partial charge >= 0.3 is 0 Å². The normalized spacial score (nSPS) is 19.1. The molecule has 1 aromatic rings. The van der Waals surface area contributed by atoms with Crippen LogP contribution in [0.4, 0.5) is 0 Å². The molecule has 1 atom stereocenters. The summed E-state index contributed by atoms with van der Waals surface area (Å²) in [6, 6.07) is 9.09. The number of rotatable bonds is 6. The van der Waals surface area contributed by atoms with Crippen molar-refractivity contribution in [1.82, 2.24) is 10.2 Å². The summed E-state index contributed by atoms with van der Waals surface area (Å²) in [4.78, 5) is 2.56. The Bertz CT molecular complexity index is 400. The molecule has 1 aliphatic rings. The zero-order valence-electron chi connectivity index (χ0n) is 13.1. The molecule has 3 nitrogen and oxygen atoms in total. The van der Waals surface area contributed by atoms with Crippen LogP contribution in [0, 0.1) is 6.92 Å². The number of nitrogens with zero attached hydrogens (tertiary/aromatic N) is 1. The summed E-state index contributed by atoms with van der Waals surface area (Å²) < 4.78 is 5.72. The lowest BCUT2D eigenvalue weighted by Crippen LogP contribution is -2.41. The number of likely N-dealkylation sites (N-methyl/N-ethyl adjacent to an activating group) is 1. The molecule has 1 fully saturated rings. The molecule has 1 unspecified atom stereocenters. The number of ether oxygens (including phenoxy) is 1. The minimum absolute atomic E-state index is 0.417. The standard InChI is InChI=1S/C17H28N2O/c1-4-20-15-9-11-19(12-10-15)13-17(18-3)16-8-6-5-7-14(16)2/h5-8,15,17-18H,4,9-13H2,1-3H3. The highest BCUT2D eigenvalue weighted by molar-refractivity contribution is 5.29. The van der Waals surface area contributed by atoms with Crippen molar-refractivity contribution in [3.63, 3.8) is 0 Å². The second-order valence-corrected chi connectivity index (χ2v) is 5.65. The smallest absolute Gasteiger partial charge is 0.0599 e. The summed E-state index contributed by atoms with van der Waals surface area (Å²) in [5, 5.41) is 3.47. The molecule has 112 valence electrons. The van der Waals surface area contributed by atoms with Crippen molar-refractivity contribution < 1.29 is 4.74 Å². The number of benzene rings is 1. The van der Waals surface area contributed by atoms with Crippen LogP contribution in [0.2, 0.25) is 0 Å². The van der Waals surface area contributed by atoms with Crippen molar-refractivity contribution in [2.45, 2.75) is 38.8 Å². The number of hydrogen-bond acceptors (Lipinski definition) is 3. The molecule has 3 heteroatoms. The van der Waals surface area contributed by atoms with Gasteiger partial charge in [0.1, 0.15) is 0 Å². The average Bonchev–Trinajstić information content (AvgIpc) is 2.48. The van der Waals surface area contributed by atoms with Crippen molar-refractivity contribution in [1.29, 1.82) is 0 Å². The molecule has 2 rings (SSSR count). The summed E-state index contributed by atoms with van der Waals surface area (Å²) in [7, 11) is 2.06. The fourth-order valence-corrected chi connectivity index (χ4v) is 3.08. The van der Waals surface area contributed by atoms with E-state index in [-0.39, 0.29) is 0 Å². The maximum Gasteiger partial charge on any atom is 0.0599 e. The minimum Gasteiger partial charge on any atom is -0.378 e. The van der Waals surface area contributed by atoms with Gasteiger partial charge in [-0.2, -0.15) is 0 Å². The van der Waals surface area contributed by atoms with E-state index in [1.807, 2.05) is 0 Å². The summed E-state index contributed by atoms with van der Waals surface area (Å²) in [5.41, 5.74) is 2.79. The Balaban J connectivity index is 1.90. The van der Waals surface area contributed by atoms with E-state index in [0.717, 1.165) is 39.1 Å². The number of nitrogens with one attached hydrogen (secondary N) is 1. The first-order chi connectivity index (χ1) is 9.74. The molecule has 0 saturated carbocycles. The maximum atomic E-state index is 5.72. The Hall–Kier alpha value is -0.900. The van der Waals surface area contributed by atoms with Gasteiger partial charge in [0.15, 0.2) is 0 Å². The monoisotopic (exact) mass is 276 g/mol. The van der Waals surface area contributed by atoms with Gasteiger partial charge in [0.05, 0.1) is 6.10 Å². The third kappa shape index (κ3) is 4.05. The van der Waals surface area contributed by atoms with E-state index < -0.39 is 0 Å². The summed E-state index contributed by atoms with van der Waals surface area (Å²) in [6.45, 7) is 8.50. The van der Waals surface area contributed by atoms with Crippen molar-refractivity contribution in [3.05, 3.63) is 35.4 Å². The van der Waals surface area contributed by atoms with Crippen LogP contribution in [0.3, 0.4) is 0 Å². The van der Waals surface area contributed by atoms with E-state index in [0.29, 0.717) is 12.1 Å². The first-order valence-electron chi connectivity index (χ1n) is 7.81. The molecule has 1 heterocycles. The Kier molecular flexibility index (Phi) is 6.02. The topological polar surface area (TPSA) is 24.5 Å². The molecule has 0 bridgehead atoms. The van der Waals surface area contributed by atoms with E-state index in [4.69, 9.17) is 4.74 Å². The third-order valence-electron chi connectivity index (χ3n) is 4.29. The van der Waals surface area contributed by atoms with Crippen molar-refractivity contribution >= 4 is 0 Å². The molecule has 0 amide bonds. The van der Waals surface area contributed by atoms with E-state index >= 15 is 0 Å². The van der Waals surface area contributed by atoms with Crippen LogP contribution in [-0.2, 0) is 4.74 Å². The first-order valence-corrected chi connectivity index (χ1v) is 7.81. The van der Waals surface area contributed by atoms with Crippen molar-refractivity contribution in [3.8, 4) is 0 Å². The minimum atomic E-state index is 0.417. The van der Waals surface area contributed by atoms with Gasteiger partial charge in [-0.05, 0) is 44.9 Å². The molecule has 1 saturated heterocycles. The quantitative estimate of drug-likeness (QED) is 0.864. The number of aryl methyl sites for hydroxylation is 1. The Morgan fingerprint density at radius 2 is 2.00 bits per heavy atom. The first kappa shape index (κ1) is 15.5. The van der Waals surface area contributed by atoms with Crippen LogP contribution in [0.15, 0.2) is 24.3 Å². The average molecular weight is 276 g/mol. The Morgan fingerprint density at radius 1 is 1.30 bits per heavy atom. The lowest BCUT2D eigenvalue weighted by molar-refractivity contribution is 0.0125. The van der Waals surface area contributed by atoms with Crippen LogP contribution in [-0.4, -0.2) is 44.3 Å². The number of likely N-dealkylation sites (tertiary alicyclic amines) is 1. The maximum absolute atomic E-state index is 5.72. The van der Waals surface area contributed by atoms with Gasteiger partial charge in [-0.15, -0.1) is 0 Å². The Labute approximate surface area is 123 Å². The highest BCUT2D eigenvalue weighted by Crippen LogP contribution is 2.21. The van der Waals surface area contributed by atoms with Gasteiger partial charge in [0, 0.05) is 32.3 Å². The van der Waals surface area contributed by atoms with Crippen LogP contribution in [0.5, 0.6) is 0 Å². The van der Waals surface area contributed by atoms with Crippen molar-refractivity contribution in [2.24, 2.45) is 0 Å². The molecule has 0 radical (unpaired) electrons. The molecule has 1 aliphatic heterocycles. The van der Waals surface area contributed by atoms with Gasteiger partial charge in [-0.3, -0.25) is 0 Å². The molecule has 0 spiro atoms. The van der Waals surface area contributed by atoms with Crippen molar-refractivity contribution in [2.75, 3.05) is 33.3 Å². The van der Waals surface area contributed by atoms with Crippen LogP contribution in [0.25, 0.3) is 0 Å². The summed E-state index contributed by atoms with van der Waals surface area (Å²) in [5.74, 6) is 0. The third-order valence-corrected chi connectivity index (χ3v) is 4.29. The van der Waals surface area contributed by atoms with Gasteiger partial charge in [-0.25, -0.2) is 0 Å². The lowest BCUT2D eigenvalue weighted by atomic mass is 9.99. The van der Waals surface area contributed by atoms with E-state index in [9.17, 15) is 0 Å². The zero-order valence-corrected chi connectivity index (χ0v) is 13.1. The molecule has 0 aliphatic carbocycles. The van der Waals surface area contributed by atoms with Gasteiger partial charge in [0.2, 0.25) is 0 Å². The number of hydrogen-bond donors (Lipinski definition) is 1. The predicted molar refractivity (Wildman–Crippen MR) is 84.1 cm³/mol.